The summed E-state index contributed by atoms with van der Waals surface area (Å²) in [6, 6.07) is 0.444. The standard InChI is InChI=1S/C27H29N3O9/c1-29(2)15-10-11(6-7-16(31)39-5)21(32)18-13(15)8-12-9-14-20(30(3)4)23(34)19(26(28)37)25(36)27(14,38)24(35)17(12)22(18)33/h10,12,14,20,32,34-35,38H,8-9H2,1-5H3,(H2,28,37)/t12-,14-,20?,27-/m0/s1. The maximum absolute atomic E-state index is 13.9. The molecule has 12 heteroatoms. The third-order valence-electron chi connectivity index (χ3n) is 7.67. The van der Waals surface area contributed by atoms with Crippen molar-refractivity contribution in [2.75, 3.05) is 40.2 Å². The van der Waals surface area contributed by atoms with Gasteiger partial charge in [0.25, 0.3) is 5.91 Å². The lowest BCUT2D eigenvalue weighted by Crippen LogP contribution is -2.63. The number of esters is 1. The maximum atomic E-state index is 13.9. The Labute approximate surface area is 223 Å². The number of aliphatic hydroxyl groups is 3. The SMILES string of the molecule is COC(=O)C#Cc1cc(N(C)C)c2c(c1O)C(=O)C1=C(O)[C@]3(O)C(=O)C(C(N)=O)=C(O)C(N(C)C)[C@@H]3C[C@@H]1C2. The first-order valence-corrected chi connectivity index (χ1v) is 12.0. The van der Waals surface area contributed by atoms with Crippen LogP contribution in [0.15, 0.2) is 28.7 Å². The summed E-state index contributed by atoms with van der Waals surface area (Å²) in [5, 5.41) is 45.0. The molecule has 0 heterocycles. The number of hydrogen-bond donors (Lipinski definition) is 5. The number of aliphatic hydroxyl groups excluding tert-OH is 2. The summed E-state index contributed by atoms with van der Waals surface area (Å²) in [5.74, 6) is -3.58. The van der Waals surface area contributed by atoms with Crippen molar-refractivity contribution < 1.29 is 44.3 Å². The van der Waals surface area contributed by atoms with Crippen LogP contribution >= 0.6 is 0 Å². The summed E-state index contributed by atoms with van der Waals surface area (Å²) < 4.78 is 4.51. The summed E-state index contributed by atoms with van der Waals surface area (Å²) in [6.45, 7) is 0. The van der Waals surface area contributed by atoms with Crippen LogP contribution in [0.1, 0.15) is 27.9 Å². The van der Waals surface area contributed by atoms with E-state index in [0.717, 1.165) is 7.11 Å². The number of fused-ring (bicyclic) bond motifs is 3. The van der Waals surface area contributed by atoms with Gasteiger partial charge >= 0.3 is 5.97 Å². The lowest BCUT2D eigenvalue weighted by atomic mass is 9.58. The Morgan fingerprint density at radius 3 is 2.33 bits per heavy atom. The van der Waals surface area contributed by atoms with E-state index in [0.29, 0.717) is 11.3 Å². The van der Waals surface area contributed by atoms with E-state index < -0.39 is 69.8 Å². The van der Waals surface area contributed by atoms with Gasteiger partial charge in [0.15, 0.2) is 11.4 Å². The minimum Gasteiger partial charge on any atom is -0.510 e. The average molecular weight is 540 g/mol. The average Bonchev–Trinajstić information content (AvgIpc) is 2.84. The van der Waals surface area contributed by atoms with Gasteiger partial charge in [0.05, 0.1) is 24.3 Å². The summed E-state index contributed by atoms with van der Waals surface area (Å²) in [7, 11) is 7.69. The van der Waals surface area contributed by atoms with E-state index in [4.69, 9.17) is 5.73 Å². The fraction of sp³-hybridized carbons (Fsp3) is 0.407. The Bertz CT molecular complexity index is 1460. The summed E-state index contributed by atoms with van der Waals surface area (Å²) >= 11 is 0. The molecule has 1 amide bonds. The molecule has 206 valence electrons. The molecular weight excluding hydrogens is 510 g/mol. The number of anilines is 1. The second-order valence-corrected chi connectivity index (χ2v) is 10.2. The van der Waals surface area contributed by atoms with E-state index in [1.54, 1.807) is 33.1 Å². The quantitative estimate of drug-likeness (QED) is 0.193. The summed E-state index contributed by atoms with van der Waals surface area (Å²) in [6.07, 6.45) is 0.101. The highest BCUT2D eigenvalue weighted by Crippen LogP contribution is 2.53. The molecule has 0 spiro atoms. The van der Waals surface area contributed by atoms with Gasteiger partial charge in [-0.25, -0.2) is 4.79 Å². The lowest BCUT2D eigenvalue weighted by molar-refractivity contribution is -0.148. The second kappa shape index (κ2) is 9.44. The Balaban J connectivity index is 1.98. The van der Waals surface area contributed by atoms with Crippen molar-refractivity contribution >= 4 is 29.1 Å². The Morgan fingerprint density at radius 1 is 1.15 bits per heavy atom. The van der Waals surface area contributed by atoms with Gasteiger partial charge in [-0.2, -0.15) is 0 Å². The van der Waals surface area contributed by atoms with Crippen LogP contribution in [0.2, 0.25) is 0 Å². The number of methoxy groups -OCH3 is 1. The maximum Gasteiger partial charge on any atom is 0.384 e. The summed E-state index contributed by atoms with van der Waals surface area (Å²) in [5.41, 5.74) is 2.18. The van der Waals surface area contributed by atoms with Crippen molar-refractivity contribution in [1.29, 1.82) is 0 Å². The molecule has 1 unspecified atom stereocenters. The zero-order valence-electron chi connectivity index (χ0n) is 22.0. The number of carbonyl (C=O) groups excluding carboxylic acids is 4. The van der Waals surface area contributed by atoms with Crippen LogP contribution in [0.4, 0.5) is 5.69 Å². The molecule has 0 aromatic heterocycles. The van der Waals surface area contributed by atoms with Crippen molar-refractivity contribution in [3.8, 4) is 17.6 Å². The smallest absolute Gasteiger partial charge is 0.384 e. The van der Waals surface area contributed by atoms with Crippen molar-refractivity contribution in [2.24, 2.45) is 17.6 Å². The lowest BCUT2D eigenvalue weighted by Gasteiger charge is -2.50. The molecule has 39 heavy (non-hydrogen) atoms. The molecule has 6 N–H and O–H groups in total. The summed E-state index contributed by atoms with van der Waals surface area (Å²) in [4.78, 5) is 54.1. The van der Waals surface area contributed by atoms with E-state index in [2.05, 4.69) is 16.6 Å². The first kappa shape index (κ1) is 27.7. The minimum atomic E-state index is -2.73. The predicted octanol–water partition coefficient (Wildman–Crippen LogP) is -0.289. The molecule has 0 saturated carbocycles. The zero-order chi connectivity index (χ0) is 29.1. The normalized spacial score (nSPS) is 25.9. The molecule has 4 rings (SSSR count). The number of rotatable bonds is 3. The fourth-order valence-corrected chi connectivity index (χ4v) is 5.96. The number of Topliss-reactive ketones (excluding diaryl/α,β-unsaturated/α-hetero) is 2. The molecule has 1 aromatic carbocycles. The molecule has 0 saturated heterocycles. The van der Waals surface area contributed by atoms with Gasteiger partial charge in [0, 0.05) is 37.2 Å². The molecule has 0 bridgehead atoms. The van der Waals surface area contributed by atoms with Gasteiger partial charge < -0.3 is 35.8 Å². The largest absolute Gasteiger partial charge is 0.510 e. The van der Waals surface area contributed by atoms with Gasteiger partial charge in [0.2, 0.25) is 5.78 Å². The van der Waals surface area contributed by atoms with E-state index in [1.165, 1.54) is 11.0 Å². The second-order valence-electron chi connectivity index (χ2n) is 10.2. The van der Waals surface area contributed by atoms with Crippen LogP contribution in [0.3, 0.4) is 0 Å². The van der Waals surface area contributed by atoms with Gasteiger partial charge in [0.1, 0.15) is 22.8 Å². The zero-order valence-corrected chi connectivity index (χ0v) is 22.0. The molecule has 1 aromatic rings. The highest BCUT2D eigenvalue weighted by molar-refractivity contribution is 6.25. The van der Waals surface area contributed by atoms with Gasteiger partial charge in [-0.15, -0.1) is 0 Å². The number of amides is 1. The van der Waals surface area contributed by atoms with E-state index in [-0.39, 0.29) is 29.5 Å². The van der Waals surface area contributed by atoms with Crippen LogP contribution in [0.25, 0.3) is 0 Å². The van der Waals surface area contributed by atoms with Crippen molar-refractivity contribution in [2.45, 2.75) is 24.5 Å². The molecule has 3 aliphatic rings. The van der Waals surface area contributed by atoms with Crippen molar-refractivity contribution in [3.63, 3.8) is 0 Å². The Hall–Kier alpha value is -4.34. The predicted molar refractivity (Wildman–Crippen MR) is 137 cm³/mol. The number of allylic oxidation sites excluding steroid dienone is 1. The van der Waals surface area contributed by atoms with Gasteiger partial charge in [-0.05, 0) is 44.5 Å². The molecule has 0 fully saturated rings. The van der Waals surface area contributed by atoms with Crippen LogP contribution in [-0.4, -0.2) is 95.7 Å². The number of phenolic OH excluding ortho intramolecular Hbond substituents is 1. The van der Waals surface area contributed by atoms with E-state index >= 15 is 0 Å². The highest BCUT2D eigenvalue weighted by atomic mass is 16.5. The Morgan fingerprint density at radius 2 is 1.79 bits per heavy atom. The van der Waals surface area contributed by atoms with Crippen LogP contribution in [0.5, 0.6) is 5.75 Å². The first-order valence-electron chi connectivity index (χ1n) is 12.0. The third-order valence-corrected chi connectivity index (χ3v) is 7.67. The number of benzene rings is 1. The minimum absolute atomic E-state index is 0.0245. The number of ether oxygens (including phenoxy) is 1. The van der Waals surface area contributed by atoms with Crippen molar-refractivity contribution in [3.05, 3.63) is 45.4 Å². The first-order chi connectivity index (χ1) is 18.2. The number of aromatic hydroxyl groups is 1. The van der Waals surface area contributed by atoms with Gasteiger partial charge in [-0.1, -0.05) is 5.92 Å². The molecule has 3 aliphatic carbocycles. The molecule has 4 atom stereocenters. The van der Waals surface area contributed by atoms with Crippen LogP contribution in [0, 0.1) is 23.7 Å². The molecule has 12 nitrogen and oxygen atoms in total. The van der Waals surface area contributed by atoms with E-state index in [1.807, 2.05) is 0 Å². The number of primary amides is 1. The van der Waals surface area contributed by atoms with Gasteiger partial charge in [-0.3, -0.25) is 19.3 Å². The number of carbonyl (C=O) groups is 4. The number of nitrogens with two attached hydrogens (primary N) is 1. The number of likely N-dealkylation sites (N-methyl/N-ethyl adjacent to an activating group) is 1. The monoisotopic (exact) mass is 539 g/mol. The topological polar surface area (TPSA) is 191 Å². The van der Waals surface area contributed by atoms with Crippen LogP contribution in [-0.2, 0) is 25.5 Å². The van der Waals surface area contributed by atoms with E-state index in [9.17, 15) is 39.6 Å². The molecule has 0 aliphatic heterocycles. The Kier molecular flexibility index (Phi) is 6.70. The number of nitrogens with zero attached hydrogens (tertiary/aromatic N) is 2. The molecule has 0 radical (unpaired) electrons. The number of hydrogen-bond acceptors (Lipinski definition) is 11. The number of phenols is 1. The highest BCUT2D eigenvalue weighted by Gasteiger charge is 2.63. The number of ketones is 2. The fourth-order valence-electron chi connectivity index (χ4n) is 5.96. The van der Waals surface area contributed by atoms with Crippen LogP contribution < -0.4 is 10.6 Å². The van der Waals surface area contributed by atoms with Crippen molar-refractivity contribution in [1.82, 2.24) is 4.90 Å². The molecular formula is C27H29N3O9. The third kappa shape index (κ3) is 3.93.